The number of nitrogens with zero attached hydrogens (tertiary/aromatic N) is 3. The quantitative estimate of drug-likeness (QED) is 0.502. The number of hydrogen-bond donors (Lipinski definition) is 0. The zero-order chi connectivity index (χ0) is 19.9. The Morgan fingerprint density at radius 2 is 1.75 bits per heavy atom. The van der Waals surface area contributed by atoms with Gasteiger partial charge in [-0.05, 0) is 17.7 Å². The van der Waals surface area contributed by atoms with E-state index in [1.807, 2.05) is 0 Å². The number of carbonyl (C=O) groups excluding carboxylic acids is 1. The first-order valence-corrected chi connectivity index (χ1v) is 8.38. The highest BCUT2D eigenvalue weighted by Crippen LogP contribution is 2.29. The van der Waals surface area contributed by atoms with Crippen molar-refractivity contribution in [2.75, 3.05) is 0 Å². The fourth-order valence-corrected chi connectivity index (χ4v) is 3.07. The summed E-state index contributed by atoms with van der Waals surface area (Å²) in [5, 5.41) is 4.15. The average Bonchev–Trinajstić information content (AvgIpc) is 3.06. The van der Waals surface area contributed by atoms with Gasteiger partial charge in [-0.15, -0.1) is 0 Å². The number of aryl methyl sites for hydroxylation is 1. The topological polar surface area (TPSA) is 56.5 Å². The number of benzene rings is 2. The van der Waals surface area contributed by atoms with Gasteiger partial charge in [0.25, 0.3) is 0 Å². The number of hydrogen-bond acceptors (Lipinski definition) is 4. The summed E-state index contributed by atoms with van der Waals surface area (Å²) in [4.78, 5) is 22.3. The zero-order valence-electron chi connectivity index (χ0n) is 14.7. The van der Waals surface area contributed by atoms with Gasteiger partial charge >= 0.3 is 6.18 Å². The summed E-state index contributed by atoms with van der Waals surface area (Å²) in [6.45, 7) is -0.0140. The van der Waals surface area contributed by atoms with Gasteiger partial charge in [0.1, 0.15) is 23.7 Å². The Labute approximate surface area is 158 Å². The summed E-state index contributed by atoms with van der Waals surface area (Å²) in [5.41, 5.74) is 2.16. The smallest absolute Gasteiger partial charge is 0.390 e. The number of rotatable bonds is 3. The molecule has 8 heteroatoms. The summed E-state index contributed by atoms with van der Waals surface area (Å²) < 4.78 is 39.5. The van der Waals surface area contributed by atoms with E-state index in [9.17, 15) is 18.0 Å². The van der Waals surface area contributed by atoms with Crippen LogP contribution in [0.4, 0.5) is 13.2 Å². The molecule has 142 valence electrons. The third-order valence-electron chi connectivity index (χ3n) is 4.47. The van der Waals surface area contributed by atoms with Gasteiger partial charge in [0.05, 0.1) is 11.9 Å². The van der Waals surface area contributed by atoms with Crippen LogP contribution in [0.25, 0.3) is 0 Å². The molecule has 5 nitrogen and oxygen atoms in total. The molecule has 28 heavy (non-hydrogen) atoms. The Morgan fingerprint density at radius 3 is 2.43 bits per heavy atom. The number of aromatic nitrogens is 2. The van der Waals surface area contributed by atoms with Crippen molar-refractivity contribution in [2.45, 2.75) is 12.8 Å². The van der Waals surface area contributed by atoms with Gasteiger partial charge in [0, 0.05) is 18.2 Å². The Balaban J connectivity index is 1.62. The molecule has 0 unspecified atom stereocenters. The van der Waals surface area contributed by atoms with Gasteiger partial charge in [0.15, 0.2) is 0 Å². The van der Waals surface area contributed by atoms with Crippen molar-refractivity contribution < 1.29 is 22.8 Å². The number of fused-ring (bicyclic) bond motifs is 2. The fourth-order valence-electron chi connectivity index (χ4n) is 3.07. The maximum atomic E-state index is 12.7. The predicted octanol–water partition coefficient (Wildman–Crippen LogP) is 3.95. The van der Waals surface area contributed by atoms with Crippen LogP contribution in [0.1, 0.15) is 38.4 Å². The lowest BCUT2D eigenvalue weighted by Crippen LogP contribution is -2.23. The lowest BCUT2D eigenvalue weighted by molar-refractivity contribution is -0.137. The van der Waals surface area contributed by atoms with Gasteiger partial charge in [0.2, 0.25) is 5.78 Å². The lowest BCUT2D eigenvalue weighted by atomic mass is 9.89. The number of carbonyl (C=O) groups is 1. The maximum Gasteiger partial charge on any atom is 0.416 e. The Kier molecular flexibility index (Phi) is 4.26. The second kappa shape index (κ2) is 6.63. The van der Waals surface area contributed by atoms with Gasteiger partial charge in [-0.25, -0.2) is 4.98 Å². The molecule has 0 aliphatic heterocycles. The van der Waals surface area contributed by atoms with Crippen LogP contribution < -0.4 is 0 Å². The minimum absolute atomic E-state index is 0.0140. The largest absolute Gasteiger partial charge is 0.416 e. The van der Waals surface area contributed by atoms with Crippen LogP contribution >= 0.6 is 0 Å². The Bertz CT molecular complexity index is 1080. The predicted molar refractivity (Wildman–Crippen MR) is 95.0 cm³/mol. The third kappa shape index (κ3) is 3.06. The standard InChI is InChI=1S/C20H14F3N3O2/c1-26-11-24-17-16(14-4-2-3-5-15(14)19(27)18(17)26)25-28-10-12-6-8-13(9-7-12)20(21,22)23/h2-9,11H,10H2,1H3/b25-16-. The number of imidazole rings is 1. The number of halogens is 3. The molecule has 2 aromatic carbocycles. The van der Waals surface area contributed by atoms with Gasteiger partial charge in [-0.2, -0.15) is 13.2 Å². The molecule has 1 heterocycles. The number of ketones is 1. The second-order valence-corrected chi connectivity index (χ2v) is 6.34. The zero-order valence-corrected chi connectivity index (χ0v) is 14.7. The molecule has 1 aliphatic rings. The highest BCUT2D eigenvalue weighted by atomic mass is 19.4. The van der Waals surface area contributed by atoms with Crippen molar-refractivity contribution in [3.8, 4) is 0 Å². The Morgan fingerprint density at radius 1 is 1.07 bits per heavy atom. The van der Waals surface area contributed by atoms with Crippen LogP contribution in [0, 0.1) is 0 Å². The number of oxime groups is 1. The minimum Gasteiger partial charge on any atom is -0.390 e. The second-order valence-electron chi connectivity index (χ2n) is 6.34. The molecular weight excluding hydrogens is 371 g/mol. The van der Waals surface area contributed by atoms with E-state index in [4.69, 9.17) is 4.84 Å². The number of alkyl halides is 3. The lowest BCUT2D eigenvalue weighted by Gasteiger charge is -2.17. The molecule has 0 fully saturated rings. The molecule has 1 aromatic heterocycles. The van der Waals surface area contributed by atoms with Crippen molar-refractivity contribution in [3.63, 3.8) is 0 Å². The first-order chi connectivity index (χ1) is 13.4. The van der Waals surface area contributed by atoms with Crippen molar-refractivity contribution in [1.82, 2.24) is 9.55 Å². The molecule has 4 rings (SSSR count). The molecule has 3 aromatic rings. The molecule has 0 N–H and O–H groups in total. The molecule has 0 bridgehead atoms. The summed E-state index contributed by atoms with van der Waals surface area (Å²) in [5.74, 6) is -0.146. The fraction of sp³-hybridized carbons (Fsp3) is 0.150. The van der Waals surface area contributed by atoms with E-state index in [0.717, 1.165) is 12.1 Å². The van der Waals surface area contributed by atoms with E-state index in [2.05, 4.69) is 10.1 Å². The van der Waals surface area contributed by atoms with Crippen molar-refractivity contribution in [2.24, 2.45) is 12.2 Å². The molecule has 0 saturated heterocycles. The Hall–Kier alpha value is -3.42. The van der Waals surface area contributed by atoms with Gasteiger partial charge in [-0.3, -0.25) is 4.79 Å². The first kappa shape index (κ1) is 18.0. The van der Waals surface area contributed by atoms with Crippen LogP contribution in [0.15, 0.2) is 60.0 Å². The summed E-state index contributed by atoms with van der Waals surface area (Å²) >= 11 is 0. The summed E-state index contributed by atoms with van der Waals surface area (Å²) in [7, 11) is 1.72. The average molecular weight is 385 g/mol. The molecule has 0 amide bonds. The van der Waals surface area contributed by atoms with E-state index in [1.165, 1.54) is 18.5 Å². The summed E-state index contributed by atoms with van der Waals surface area (Å²) in [6, 6.07) is 11.7. The highest BCUT2D eigenvalue weighted by molar-refractivity contribution is 6.28. The molecule has 0 spiro atoms. The minimum atomic E-state index is -4.38. The molecular formula is C20H14F3N3O2. The molecule has 0 saturated carbocycles. The van der Waals surface area contributed by atoms with Crippen molar-refractivity contribution in [1.29, 1.82) is 0 Å². The van der Waals surface area contributed by atoms with E-state index in [1.54, 1.807) is 35.9 Å². The SMILES string of the molecule is Cn1cnc2c1C(=O)c1ccccc1/C2=N/OCc1ccc(C(F)(F)F)cc1. The van der Waals surface area contributed by atoms with Crippen LogP contribution in [0.3, 0.4) is 0 Å². The monoisotopic (exact) mass is 385 g/mol. The van der Waals surface area contributed by atoms with Crippen LogP contribution in [0.5, 0.6) is 0 Å². The van der Waals surface area contributed by atoms with Gasteiger partial charge < -0.3 is 9.40 Å². The van der Waals surface area contributed by atoms with Crippen molar-refractivity contribution >= 4 is 11.5 Å². The maximum absolute atomic E-state index is 12.7. The third-order valence-corrected chi connectivity index (χ3v) is 4.47. The first-order valence-electron chi connectivity index (χ1n) is 8.38. The van der Waals surface area contributed by atoms with E-state index in [0.29, 0.717) is 33.8 Å². The van der Waals surface area contributed by atoms with E-state index in [-0.39, 0.29) is 12.4 Å². The van der Waals surface area contributed by atoms with Crippen LogP contribution in [-0.2, 0) is 24.7 Å². The summed E-state index contributed by atoms with van der Waals surface area (Å²) in [6.07, 6.45) is -2.85. The van der Waals surface area contributed by atoms with E-state index >= 15 is 0 Å². The highest BCUT2D eigenvalue weighted by Gasteiger charge is 2.32. The van der Waals surface area contributed by atoms with Crippen LogP contribution in [-0.4, -0.2) is 21.0 Å². The van der Waals surface area contributed by atoms with E-state index < -0.39 is 11.7 Å². The molecule has 0 radical (unpaired) electrons. The van der Waals surface area contributed by atoms with Crippen molar-refractivity contribution in [3.05, 3.63) is 88.5 Å². The van der Waals surface area contributed by atoms with Gasteiger partial charge in [-0.1, -0.05) is 41.6 Å². The molecule has 0 atom stereocenters. The normalized spacial score (nSPS) is 14.7. The van der Waals surface area contributed by atoms with Crippen LogP contribution in [0.2, 0.25) is 0 Å². The molecule has 1 aliphatic carbocycles.